The summed E-state index contributed by atoms with van der Waals surface area (Å²) in [6.45, 7) is 5.40. The molecule has 1 aromatic carbocycles. The number of anilines is 1. The van der Waals surface area contributed by atoms with Gasteiger partial charge < -0.3 is 15.2 Å². The van der Waals surface area contributed by atoms with Gasteiger partial charge in [-0.2, -0.15) is 4.98 Å². The highest BCUT2D eigenvalue weighted by Gasteiger charge is 2.16. The fourth-order valence-corrected chi connectivity index (χ4v) is 2.96. The van der Waals surface area contributed by atoms with Crippen LogP contribution >= 0.6 is 0 Å². The fourth-order valence-electron chi connectivity index (χ4n) is 2.30. The maximum absolute atomic E-state index is 11.8. The van der Waals surface area contributed by atoms with E-state index in [4.69, 9.17) is 20.3 Å². The molecule has 1 aromatic heterocycles. The second-order valence-electron chi connectivity index (χ2n) is 7.20. The number of carbonyl (C=O) groups is 1. The third kappa shape index (κ3) is 7.89. The summed E-state index contributed by atoms with van der Waals surface area (Å²) in [5.41, 5.74) is 6.24. The van der Waals surface area contributed by atoms with Gasteiger partial charge in [0.25, 0.3) is 0 Å². The predicted molar refractivity (Wildman–Crippen MR) is 104 cm³/mol. The Balaban J connectivity index is 2.03. The summed E-state index contributed by atoms with van der Waals surface area (Å²) in [7, 11) is -3.60. The maximum atomic E-state index is 11.8. The number of primary sulfonamides is 1. The quantitative estimate of drug-likeness (QED) is 0.660. The second-order valence-corrected chi connectivity index (χ2v) is 8.81. The van der Waals surface area contributed by atoms with Crippen LogP contribution in [0, 0.1) is 0 Å². The van der Waals surface area contributed by atoms with Crippen molar-refractivity contribution in [3.05, 3.63) is 41.6 Å². The van der Waals surface area contributed by atoms with Crippen LogP contribution in [0.4, 0.5) is 5.95 Å². The first-order valence-corrected chi connectivity index (χ1v) is 10.2. The highest BCUT2D eigenvalue weighted by atomic mass is 32.2. The Labute approximate surface area is 164 Å². The van der Waals surface area contributed by atoms with E-state index >= 15 is 0 Å². The Hall–Kier alpha value is -2.72. The van der Waals surface area contributed by atoms with Crippen molar-refractivity contribution >= 4 is 21.9 Å². The number of nitrogens with two attached hydrogens (primary N) is 2. The van der Waals surface area contributed by atoms with Crippen molar-refractivity contribution in [3.8, 4) is 11.6 Å². The SMILES string of the molecule is CC(C)(C)OC(=O)CCc1cc(Oc2ccc(CS(N)(=O)=O)cc2)nc(N)n1. The summed E-state index contributed by atoms with van der Waals surface area (Å²) in [6.07, 6.45) is 0.473. The van der Waals surface area contributed by atoms with E-state index in [0.29, 0.717) is 23.4 Å². The van der Waals surface area contributed by atoms with E-state index in [-0.39, 0.29) is 30.0 Å². The van der Waals surface area contributed by atoms with Crippen molar-refractivity contribution in [3.63, 3.8) is 0 Å². The summed E-state index contributed by atoms with van der Waals surface area (Å²) in [6, 6.07) is 7.96. The van der Waals surface area contributed by atoms with Crippen molar-refractivity contribution in [2.45, 2.75) is 45.0 Å². The molecule has 0 aliphatic carbocycles. The Morgan fingerprint density at radius 1 is 1.14 bits per heavy atom. The molecular formula is C18H24N4O5S. The lowest BCUT2D eigenvalue weighted by molar-refractivity contribution is -0.154. The van der Waals surface area contributed by atoms with Crippen LogP contribution in [0.1, 0.15) is 38.4 Å². The smallest absolute Gasteiger partial charge is 0.306 e. The third-order valence-electron chi connectivity index (χ3n) is 3.29. The molecule has 2 aromatic rings. The number of hydrogen-bond acceptors (Lipinski definition) is 8. The highest BCUT2D eigenvalue weighted by Crippen LogP contribution is 2.22. The van der Waals surface area contributed by atoms with E-state index in [1.54, 1.807) is 51.1 Å². The van der Waals surface area contributed by atoms with Gasteiger partial charge in [-0.3, -0.25) is 4.79 Å². The average molecular weight is 408 g/mol. The third-order valence-corrected chi connectivity index (χ3v) is 4.03. The molecule has 0 saturated carbocycles. The number of rotatable bonds is 7. The minimum absolute atomic E-state index is 0.0162. The number of ether oxygens (including phenoxy) is 2. The molecule has 0 amide bonds. The molecule has 4 N–H and O–H groups in total. The number of sulfonamides is 1. The maximum Gasteiger partial charge on any atom is 0.306 e. The molecule has 152 valence electrons. The Bertz CT molecular complexity index is 937. The van der Waals surface area contributed by atoms with Crippen LogP contribution in [0.25, 0.3) is 0 Å². The molecule has 0 unspecified atom stereocenters. The Morgan fingerprint density at radius 3 is 2.36 bits per heavy atom. The molecule has 0 aliphatic rings. The van der Waals surface area contributed by atoms with Gasteiger partial charge in [0.2, 0.25) is 21.9 Å². The number of nitrogen functional groups attached to an aromatic ring is 1. The Kier molecular flexibility index (Phi) is 6.57. The summed E-state index contributed by atoms with van der Waals surface area (Å²) in [4.78, 5) is 20.0. The summed E-state index contributed by atoms with van der Waals surface area (Å²) in [5, 5.41) is 5.02. The van der Waals surface area contributed by atoms with Crippen molar-refractivity contribution in [1.29, 1.82) is 0 Å². The van der Waals surface area contributed by atoms with E-state index < -0.39 is 15.6 Å². The van der Waals surface area contributed by atoms with E-state index in [1.165, 1.54) is 0 Å². The molecule has 0 atom stereocenters. The molecular weight excluding hydrogens is 384 g/mol. The first kappa shape index (κ1) is 21.6. The van der Waals surface area contributed by atoms with Gasteiger partial charge in [0.15, 0.2) is 0 Å². The largest absolute Gasteiger partial charge is 0.460 e. The molecule has 0 saturated heterocycles. The van der Waals surface area contributed by atoms with Crippen LogP contribution in [-0.2, 0) is 31.7 Å². The first-order chi connectivity index (χ1) is 12.9. The van der Waals surface area contributed by atoms with Crippen LogP contribution in [0.3, 0.4) is 0 Å². The molecule has 28 heavy (non-hydrogen) atoms. The lowest BCUT2D eigenvalue weighted by Gasteiger charge is -2.19. The van der Waals surface area contributed by atoms with Gasteiger partial charge in [-0.1, -0.05) is 12.1 Å². The molecule has 10 heteroatoms. The molecule has 2 rings (SSSR count). The van der Waals surface area contributed by atoms with Crippen molar-refractivity contribution in [2.75, 3.05) is 5.73 Å². The number of carbonyl (C=O) groups excluding carboxylic acids is 1. The molecule has 0 fully saturated rings. The number of nitrogens with zero attached hydrogens (tertiary/aromatic N) is 2. The molecule has 0 bridgehead atoms. The summed E-state index contributed by atoms with van der Waals surface area (Å²) >= 11 is 0. The zero-order chi connectivity index (χ0) is 20.9. The second kappa shape index (κ2) is 8.53. The zero-order valence-corrected chi connectivity index (χ0v) is 16.8. The zero-order valence-electron chi connectivity index (χ0n) is 16.0. The lowest BCUT2D eigenvalue weighted by Crippen LogP contribution is -2.24. The number of esters is 1. The van der Waals surface area contributed by atoms with Gasteiger partial charge in [-0.15, -0.1) is 0 Å². The van der Waals surface area contributed by atoms with Crippen LogP contribution in [0.15, 0.2) is 30.3 Å². The minimum atomic E-state index is -3.60. The van der Waals surface area contributed by atoms with Crippen LogP contribution in [0.5, 0.6) is 11.6 Å². The van der Waals surface area contributed by atoms with Gasteiger partial charge in [0.05, 0.1) is 17.9 Å². The Morgan fingerprint density at radius 2 is 1.79 bits per heavy atom. The van der Waals surface area contributed by atoms with Gasteiger partial charge in [0, 0.05) is 12.5 Å². The first-order valence-electron chi connectivity index (χ1n) is 8.52. The number of hydrogen-bond donors (Lipinski definition) is 2. The van der Waals surface area contributed by atoms with E-state index in [2.05, 4.69) is 9.97 Å². The van der Waals surface area contributed by atoms with Gasteiger partial charge in [0.1, 0.15) is 11.4 Å². The highest BCUT2D eigenvalue weighted by molar-refractivity contribution is 7.88. The average Bonchev–Trinajstić information content (AvgIpc) is 2.51. The monoisotopic (exact) mass is 408 g/mol. The van der Waals surface area contributed by atoms with Crippen molar-refractivity contribution in [2.24, 2.45) is 5.14 Å². The van der Waals surface area contributed by atoms with Gasteiger partial charge in [-0.25, -0.2) is 18.5 Å². The fraction of sp³-hybridized carbons (Fsp3) is 0.389. The van der Waals surface area contributed by atoms with Crippen molar-refractivity contribution < 1.29 is 22.7 Å². The lowest BCUT2D eigenvalue weighted by atomic mass is 10.2. The van der Waals surface area contributed by atoms with Gasteiger partial charge >= 0.3 is 5.97 Å². The summed E-state index contributed by atoms with van der Waals surface area (Å²) in [5.74, 6) is 0.0723. The normalized spacial score (nSPS) is 11.9. The van der Waals surface area contributed by atoms with E-state index in [9.17, 15) is 13.2 Å². The summed E-state index contributed by atoms with van der Waals surface area (Å²) < 4.78 is 33.1. The molecule has 0 aliphatic heterocycles. The molecule has 1 heterocycles. The molecule has 9 nitrogen and oxygen atoms in total. The number of benzene rings is 1. The van der Waals surface area contributed by atoms with Crippen LogP contribution < -0.4 is 15.6 Å². The van der Waals surface area contributed by atoms with Crippen molar-refractivity contribution in [1.82, 2.24) is 9.97 Å². The van der Waals surface area contributed by atoms with E-state index in [1.807, 2.05) is 0 Å². The molecule has 0 spiro atoms. The topological polar surface area (TPSA) is 147 Å². The molecule has 0 radical (unpaired) electrons. The van der Waals surface area contributed by atoms with E-state index in [0.717, 1.165) is 0 Å². The van der Waals surface area contributed by atoms with Crippen LogP contribution in [-0.4, -0.2) is 30.0 Å². The standard InChI is InChI=1S/C18H24N4O5S/c1-18(2,3)27-16(23)9-6-13-10-15(22-17(19)21-13)26-14-7-4-12(5-8-14)11-28(20,24)25/h4-5,7-8,10H,6,9,11H2,1-3H3,(H2,19,21,22)(H2,20,24,25). The minimum Gasteiger partial charge on any atom is -0.460 e. The number of aryl methyl sites for hydroxylation is 1. The van der Waals surface area contributed by atoms with Gasteiger partial charge in [-0.05, 0) is 38.5 Å². The predicted octanol–water partition coefficient (Wildman–Crippen LogP) is 1.91. The van der Waals surface area contributed by atoms with Crippen LogP contribution in [0.2, 0.25) is 0 Å². The number of aromatic nitrogens is 2.